The van der Waals surface area contributed by atoms with Gasteiger partial charge in [-0.15, -0.1) is 0 Å². The van der Waals surface area contributed by atoms with Gasteiger partial charge in [0.25, 0.3) is 0 Å². The molecule has 3 N–H and O–H groups in total. The van der Waals surface area contributed by atoms with Crippen molar-refractivity contribution in [3.8, 4) is 0 Å². The molecule has 5 nitrogen and oxygen atoms in total. The van der Waals surface area contributed by atoms with Gasteiger partial charge in [-0.25, -0.2) is 4.79 Å². The van der Waals surface area contributed by atoms with E-state index in [0.717, 1.165) is 25.2 Å². The van der Waals surface area contributed by atoms with Gasteiger partial charge in [-0.2, -0.15) is 0 Å². The van der Waals surface area contributed by atoms with Crippen LogP contribution >= 0.6 is 0 Å². The lowest BCUT2D eigenvalue weighted by molar-refractivity contribution is -0.132. The zero-order valence-corrected chi connectivity index (χ0v) is 18.5. The van der Waals surface area contributed by atoms with E-state index < -0.39 is 5.97 Å². The normalized spacial score (nSPS) is 22.0. The SMILES string of the molecule is CCCC(CC)Cn1ccc2c1C(C)CC=C2NC1=C(C(=O)O)C=C(C2CC2)CN1. The van der Waals surface area contributed by atoms with Crippen molar-refractivity contribution in [3.05, 3.63) is 52.6 Å². The van der Waals surface area contributed by atoms with Crippen LogP contribution in [-0.4, -0.2) is 22.2 Å². The van der Waals surface area contributed by atoms with E-state index in [2.05, 4.69) is 54.3 Å². The number of fused-ring (bicyclic) bond motifs is 1. The van der Waals surface area contributed by atoms with E-state index >= 15 is 0 Å². The summed E-state index contributed by atoms with van der Waals surface area (Å²) in [6.45, 7) is 8.62. The van der Waals surface area contributed by atoms with Gasteiger partial charge in [0.1, 0.15) is 5.82 Å². The van der Waals surface area contributed by atoms with Crippen molar-refractivity contribution in [1.29, 1.82) is 0 Å². The maximum Gasteiger partial charge on any atom is 0.339 e. The molecule has 2 aliphatic carbocycles. The summed E-state index contributed by atoms with van der Waals surface area (Å²) in [5.74, 6) is 1.47. The second kappa shape index (κ2) is 8.75. The second-order valence-electron chi connectivity index (χ2n) is 9.15. The smallest absolute Gasteiger partial charge is 0.339 e. The summed E-state index contributed by atoms with van der Waals surface area (Å²) in [5, 5.41) is 16.6. The Labute approximate surface area is 179 Å². The maximum absolute atomic E-state index is 11.9. The summed E-state index contributed by atoms with van der Waals surface area (Å²) in [6.07, 6.45) is 13.3. The van der Waals surface area contributed by atoms with Gasteiger partial charge >= 0.3 is 5.97 Å². The molecule has 30 heavy (non-hydrogen) atoms. The highest BCUT2D eigenvalue weighted by Crippen LogP contribution is 2.39. The lowest BCUT2D eigenvalue weighted by atomic mass is 9.91. The summed E-state index contributed by atoms with van der Waals surface area (Å²) in [4.78, 5) is 11.9. The molecule has 0 saturated heterocycles. The van der Waals surface area contributed by atoms with Gasteiger partial charge < -0.3 is 20.3 Å². The minimum Gasteiger partial charge on any atom is -0.478 e. The monoisotopic (exact) mass is 409 g/mol. The highest BCUT2D eigenvalue weighted by atomic mass is 16.4. The number of nitrogens with one attached hydrogen (secondary N) is 2. The molecule has 0 radical (unpaired) electrons. The first-order chi connectivity index (χ1) is 14.5. The zero-order valence-electron chi connectivity index (χ0n) is 18.5. The second-order valence-corrected chi connectivity index (χ2v) is 9.15. The van der Waals surface area contributed by atoms with Crippen LogP contribution in [0, 0.1) is 11.8 Å². The van der Waals surface area contributed by atoms with E-state index in [-0.39, 0.29) is 0 Å². The van der Waals surface area contributed by atoms with Gasteiger partial charge in [-0.05, 0) is 55.2 Å². The molecule has 1 saturated carbocycles. The van der Waals surface area contributed by atoms with E-state index in [1.807, 2.05) is 6.08 Å². The quantitative estimate of drug-likeness (QED) is 0.538. The standard InChI is InChI=1S/C25H35N3O2/c1-4-6-17(5-2)15-28-12-11-20-22(10-7-16(3)23(20)28)27-24-21(25(29)30)13-19(14-26-24)18-8-9-18/h10-13,16-18,26-27H,4-9,14-15H2,1-3H3,(H,29,30). The predicted molar refractivity (Wildman–Crippen MR) is 121 cm³/mol. The molecule has 4 rings (SSSR count). The molecular weight excluding hydrogens is 374 g/mol. The van der Waals surface area contributed by atoms with Gasteiger partial charge in [0, 0.05) is 42.2 Å². The number of aromatic nitrogens is 1. The zero-order chi connectivity index (χ0) is 21.3. The maximum atomic E-state index is 11.9. The number of dihydropyridines is 1. The fourth-order valence-corrected chi connectivity index (χ4v) is 4.89. The molecule has 1 aliphatic heterocycles. The number of hydrogen-bond acceptors (Lipinski definition) is 3. The number of hydrogen-bond donors (Lipinski definition) is 3. The van der Waals surface area contributed by atoms with Crippen molar-refractivity contribution in [2.75, 3.05) is 6.54 Å². The number of nitrogens with zero attached hydrogens (tertiary/aromatic N) is 1. The van der Waals surface area contributed by atoms with Crippen LogP contribution in [0.5, 0.6) is 0 Å². The molecule has 0 aromatic carbocycles. The van der Waals surface area contributed by atoms with Crippen LogP contribution in [0.4, 0.5) is 0 Å². The first-order valence-corrected chi connectivity index (χ1v) is 11.6. The molecule has 2 unspecified atom stereocenters. The number of carboxylic acid groups (broad SMARTS) is 1. The molecule has 1 aromatic heterocycles. The Morgan fingerprint density at radius 2 is 2.17 bits per heavy atom. The van der Waals surface area contributed by atoms with E-state index in [1.165, 1.54) is 48.9 Å². The Morgan fingerprint density at radius 3 is 2.83 bits per heavy atom. The van der Waals surface area contributed by atoms with Crippen LogP contribution in [0.25, 0.3) is 5.70 Å². The van der Waals surface area contributed by atoms with Gasteiger partial charge in [-0.3, -0.25) is 0 Å². The van der Waals surface area contributed by atoms with E-state index in [1.54, 1.807) is 0 Å². The third-order valence-corrected chi connectivity index (χ3v) is 6.83. The van der Waals surface area contributed by atoms with E-state index in [0.29, 0.717) is 29.1 Å². The minimum atomic E-state index is -0.879. The molecule has 0 bridgehead atoms. The largest absolute Gasteiger partial charge is 0.478 e. The molecule has 2 heterocycles. The van der Waals surface area contributed by atoms with Crippen molar-refractivity contribution in [2.45, 2.75) is 71.8 Å². The van der Waals surface area contributed by atoms with Crippen molar-refractivity contribution in [3.63, 3.8) is 0 Å². The van der Waals surface area contributed by atoms with Crippen molar-refractivity contribution in [1.82, 2.24) is 15.2 Å². The Bertz CT molecular complexity index is 901. The molecule has 5 heteroatoms. The summed E-state index contributed by atoms with van der Waals surface area (Å²) in [5.41, 5.74) is 5.17. The Balaban J connectivity index is 1.59. The molecule has 1 fully saturated rings. The minimum absolute atomic E-state index is 0.345. The van der Waals surface area contributed by atoms with Crippen molar-refractivity contribution in [2.24, 2.45) is 11.8 Å². The Morgan fingerprint density at radius 1 is 1.37 bits per heavy atom. The number of aliphatic carboxylic acids is 1. The summed E-state index contributed by atoms with van der Waals surface area (Å²) >= 11 is 0. The summed E-state index contributed by atoms with van der Waals surface area (Å²) in [7, 11) is 0. The van der Waals surface area contributed by atoms with Crippen LogP contribution in [0.15, 0.2) is 41.4 Å². The molecular formula is C25H35N3O2. The van der Waals surface area contributed by atoms with Gasteiger partial charge in [0.2, 0.25) is 0 Å². The lowest BCUT2D eigenvalue weighted by Gasteiger charge is -2.27. The van der Waals surface area contributed by atoms with Gasteiger partial charge in [0.05, 0.1) is 5.57 Å². The first kappa shape index (κ1) is 20.8. The average Bonchev–Trinajstić information content (AvgIpc) is 3.50. The van der Waals surface area contributed by atoms with Crippen molar-refractivity contribution >= 4 is 11.7 Å². The number of rotatable bonds is 9. The van der Waals surface area contributed by atoms with Gasteiger partial charge in [0.15, 0.2) is 0 Å². The van der Waals surface area contributed by atoms with Crippen LogP contribution in [0.2, 0.25) is 0 Å². The molecule has 1 aromatic rings. The fourth-order valence-electron chi connectivity index (χ4n) is 4.89. The number of carbonyl (C=O) groups is 1. The molecule has 2 atom stereocenters. The number of carboxylic acids is 1. The highest BCUT2D eigenvalue weighted by molar-refractivity contribution is 5.91. The van der Waals surface area contributed by atoms with Crippen LogP contribution in [0.3, 0.4) is 0 Å². The van der Waals surface area contributed by atoms with E-state index in [9.17, 15) is 9.90 Å². The topological polar surface area (TPSA) is 66.3 Å². The van der Waals surface area contributed by atoms with Crippen LogP contribution in [-0.2, 0) is 11.3 Å². The highest BCUT2D eigenvalue weighted by Gasteiger charge is 2.31. The third-order valence-electron chi connectivity index (χ3n) is 6.83. The molecule has 3 aliphatic rings. The first-order valence-electron chi connectivity index (χ1n) is 11.6. The predicted octanol–water partition coefficient (Wildman–Crippen LogP) is 4.99. The molecule has 0 spiro atoms. The van der Waals surface area contributed by atoms with Crippen LogP contribution in [0.1, 0.15) is 76.5 Å². The fraction of sp³-hybridized carbons (Fsp3) is 0.560. The van der Waals surface area contributed by atoms with E-state index in [4.69, 9.17) is 0 Å². The Hall–Kier alpha value is -2.43. The summed E-state index contributed by atoms with van der Waals surface area (Å²) in [6, 6.07) is 2.19. The Kier molecular flexibility index (Phi) is 6.07. The average molecular weight is 410 g/mol. The van der Waals surface area contributed by atoms with Gasteiger partial charge in [-0.1, -0.05) is 39.7 Å². The summed E-state index contributed by atoms with van der Waals surface area (Å²) < 4.78 is 2.43. The third kappa shape index (κ3) is 4.21. The number of allylic oxidation sites excluding steroid dienone is 1. The molecule has 162 valence electrons. The van der Waals surface area contributed by atoms with Crippen molar-refractivity contribution < 1.29 is 9.90 Å². The molecule has 0 amide bonds. The lowest BCUT2D eigenvalue weighted by Crippen LogP contribution is -2.34. The van der Waals surface area contributed by atoms with Crippen LogP contribution < -0.4 is 10.6 Å².